The maximum atomic E-state index is 13.1. The number of carbonyl (C=O) groups excluding carboxylic acids is 9. The van der Waals surface area contributed by atoms with Crippen molar-refractivity contribution < 1.29 is 53.5 Å². The SMILES string of the molecule is C[C@H](NC(=O)[C@H](CO)NC(=O)C(CC(=O)NO)C1CCCCC1)C(=O)NCC(=O)NCC(=O)N[C@@H](CCCCNC(=O)CCCC[C@@H]1SC[C@@H]2NC(=O)N[C@@H]21)C(N)=O. The van der Waals surface area contributed by atoms with Crippen molar-refractivity contribution in [1.29, 1.82) is 0 Å². The van der Waals surface area contributed by atoms with E-state index >= 15 is 0 Å². The number of fused-ring (bicyclic) bond motifs is 1. The van der Waals surface area contributed by atoms with Crippen LogP contribution in [0.4, 0.5) is 4.79 Å². The van der Waals surface area contributed by atoms with Crippen molar-refractivity contribution in [3.05, 3.63) is 0 Å². The molecule has 10 amide bonds. The average Bonchev–Trinajstić information content (AvgIpc) is 3.76. The zero-order chi connectivity index (χ0) is 42.6. The van der Waals surface area contributed by atoms with Gasteiger partial charge in [-0.2, -0.15) is 11.8 Å². The Bertz CT molecular complexity index is 1470. The number of primary amides is 1. The quantitative estimate of drug-likeness (QED) is 0.0193. The summed E-state index contributed by atoms with van der Waals surface area (Å²) in [6.45, 7) is -0.195. The molecule has 0 aromatic heterocycles. The van der Waals surface area contributed by atoms with E-state index in [0.717, 1.165) is 44.3 Å². The van der Waals surface area contributed by atoms with Gasteiger partial charge in [-0.05, 0) is 57.8 Å². The standard InChI is InChI=1S/C36H60N10O11S/c1-20(41-35(55)24(18-47)43-34(54)22(15-28(49)46-57)21-9-3-2-4-10-21)33(53)40-16-29(50)39-17-30(51)42-23(32(37)52)11-7-8-14-38-27(48)13-6-5-12-26-31-25(19-58-26)44-36(56)45-31/h20-26,31,47,57H,2-19H2,1H3,(H2,37,52)(H,38,48)(H,39,50)(H,40,53)(H,41,55)(H,42,51)(H,43,54)(H,46,49)(H2,44,45,56)/t20-,22?,23-,24-,25-,26-,31-/m0/s1. The van der Waals surface area contributed by atoms with Crippen molar-refractivity contribution in [2.24, 2.45) is 17.6 Å². The largest absolute Gasteiger partial charge is 0.394 e. The number of hydrogen-bond donors (Lipinski definition) is 12. The molecule has 326 valence electrons. The highest BCUT2D eigenvalue weighted by Crippen LogP contribution is 2.33. The van der Waals surface area contributed by atoms with E-state index in [4.69, 9.17) is 10.9 Å². The van der Waals surface area contributed by atoms with Crippen LogP contribution >= 0.6 is 11.8 Å². The van der Waals surface area contributed by atoms with Gasteiger partial charge < -0.3 is 53.4 Å². The number of nitrogens with two attached hydrogens (primary N) is 1. The zero-order valence-corrected chi connectivity index (χ0v) is 33.7. The summed E-state index contributed by atoms with van der Waals surface area (Å²) in [5.41, 5.74) is 6.96. The predicted octanol–water partition coefficient (Wildman–Crippen LogP) is -2.73. The molecule has 3 rings (SSSR count). The average molecular weight is 841 g/mol. The first-order valence-corrected chi connectivity index (χ1v) is 21.0. The highest BCUT2D eigenvalue weighted by atomic mass is 32.2. The molecule has 58 heavy (non-hydrogen) atoms. The summed E-state index contributed by atoms with van der Waals surface area (Å²) in [5.74, 6) is -5.49. The lowest BCUT2D eigenvalue weighted by atomic mass is 9.78. The molecule has 7 atom stereocenters. The van der Waals surface area contributed by atoms with Crippen LogP contribution in [0.1, 0.15) is 90.4 Å². The van der Waals surface area contributed by atoms with Crippen molar-refractivity contribution in [2.75, 3.05) is 32.0 Å². The number of rotatable bonds is 25. The van der Waals surface area contributed by atoms with Crippen LogP contribution in [0.2, 0.25) is 0 Å². The molecule has 3 aliphatic rings. The van der Waals surface area contributed by atoms with Gasteiger partial charge in [0, 0.05) is 36.3 Å². The maximum absolute atomic E-state index is 13.1. The molecular weight excluding hydrogens is 781 g/mol. The number of aliphatic hydroxyl groups excluding tert-OH is 1. The lowest BCUT2D eigenvalue weighted by Gasteiger charge is -2.30. The summed E-state index contributed by atoms with van der Waals surface area (Å²) in [7, 11) is 0. The van der Waals surface area contributed by atoms with Gasteiger partial charge in [-0.1, -0.05) is 25.7 Å². The molecule has 3 fully saturated rings. The van der Waals surface area contributed by atoms with Gasteiger partial charge in [-0.15, -0.1) is 0 Å². The first kappa shape index (κ1) is 47.7. The number of thioether (sulfide) groups is 1. The minimum atomic E-state index is -1.45. The fourth-order valence-electron chi connectivity index (χ4n) is 7.26. The molecule has 2 heterocycles. The van der Waals surface area contributed by atoms with E-state index in [-0.39, 0.29) is 42.8 Å². The van der Waals surface area contributed by atoms with Gasteiger partial charge in [0.2, 0.25) is 47.3 Å². The monoisotopic (exact) mass is 840 g/mol. The van der Waals surface area contributed by atoms with Crippen LogP contribution in [0.25, 0.3) is 0 Å². The second kappa shape index (κ2) is 24.9. The molecule has 1 aliphatic carbocycles. The third-order valence-electron chi connectivity index (χ3n) is 10.5. The van der Waals surface area contributed by atoms with Gasteiger partial charge in [0.1, 0.15) is 18.1 Å². The van der Waals surface area contributed by atoms with E-state index in [0.29, 0.717) is 43.9 Å². The molecule has 13 N–H and O–H groups in total. The van der Waals surface area contributed by atoms with Gasteiger partial charge >= 0.3 is 6.03 Å². The van der Waals surface area contributed by atoms with Gasteiger partial charge in [0.05, 0.1) is 31.8 Å². The molecule has 0 aromatic carbocycles. The molecule has 21 nitrogen and oxygen atoms in total. The smallest absolute Gasteiger partial charge is 0.315 e. The topological polar surface area (TPSA) is 328 Å². The van der Waals surface area contributed by atoms with E-state index in [9.17, 15) is 48.3 Å². The van der Waals surface area contributed by atoms with Crippen LogP contribution in [-0.4, -0.2) is 131 Å². The minimum absolute atomic E-state index is 0.0811. The fourth-order valence-corrected chi connectivity index (χ4v) is 8.81. The second-order valence-electron chi connectivity index (χ2n) is 14.9. The van der Waals surface area contributed by atoms with Crippen LogP contribution in [0.5, 0.6) is 0 Å². The fraction of sp³-hybridized carbons (Fsp3) is 0.750. The maximum Gasteiger partial charge on any atom is 0.315 e. The molecule has 2 saturated heterocycles. The van der Waals surface area contributed by atoms with Crippen LogP contribution in [-0.2, 0) is 38.4 Å². The summed E-state index contributed by atoms with van der Waals surface area (Å²) in [6.07, 6.45) is 7.89. The number of hydroxylamine groups is 1. The molecule has 22 heteroatoms. The number of nitrogens with one attached hydrogen (secondary N) is 9. The third-order valence-corrected chi connectivity index (χ3v) is 12.0. The van der Waals surface area contributed by atoms with Crippen LogP contribution in [0.15, 0.2) is 0 Å². The Hall–Kier alpha value is -4.70. The van der Waals surface area contributed by atoms with E-state index in [2.05, 4.69) is 42.5 Å². The van der Waals surface area contributed by atoms with Crippen molar-refractivity contribution in [1.82, 2.24) is 48.0 Å². The molecular formula is C36H60N10O11S. The molecule has 1 saturated carbocycles. The van der Waals surface area contributed by atoms with Gasteiger partial charge in [0.25, 0.3) is 0 Å². The normalized spacial score (nSPS) is 20.7. The number of carbonyl (C=O) groups is 9. The van der Waals surface area contributed by atoms with Gasteiger partial charge in [-0.25, -0.2) is 10.3 Å². The number of unbranched alkanes of at least 4 members (excludes halogenated alkanes) is 2. The predicted molar refractivity (Wildman–Crippen MR) is 209 cm³/mol. The Kier molecular flexibility index (Phi) is 20.5. The Morgan fingerprint density at radius 3 is 2.21 bits per heavy atom. The van der Waals surface area contributed by atoms with E-state index in [1.807, 2.05) is 11.8 Å². The first-order chi connectivity index (χ1) is 27.7. The lowest BCUT2D eigenvalue weighted by molar-refractivity contribution is -0.138. The van der Waals surface area contributed by atoms with Crippen molar-refractivity contribution in [2.45, 2.75) is 126 Å². The van der Waals surface area contributed by atoms with E-state index in [1.165, 1.54) is 12.4 Å². The molecule has 1 unspecified atom stereocenters. The van der Waals surface area contributed by atoms with Crippen molar-refractivity contribution >= 4 is 65.1 Å². The Balaban J connectivity index is 1.27. The van der Waals surface area contributed by atoms with Crippen LogP contribution in [0.3, 0.4) is 0 Å². The number of aliphatic hydroxyl groups is 1. The summed E-state index contributed by atoms with van der Waals surface area (Å²) in [4.78, 5) is 111. The highest BCUT2D eigenvalue weighted by molar-refractivity contribution is 8.00. The summed E-state index contributed by atoms with van der Waals surface area (Å²) in [5, 5.41) is 39.7. The van der Waals surface area contributed by atoms with Gasteiger partial charge in [0.15, 0.2) is 0 Å². The first-order valence-electron chi connectivity index (χ1n) is 19.9. The lowest BCUT2D eigenvalue weighted by Crippen LogP contribution is -2.56. The minimum Gasteiger partial charge on any atom is -0.394 e. The third kappa shape index (κ3) is 16.3. The van der Waals surface area contributed by atoms with Crippen molar-refractivity contribution in [3.63, 3.8) is 0 Å². The summed E-state index contributed by atoms with van der Waals surface area (Å²) < 4.78 is 0. The Morgan fingerprint density at radius 1 is 0.793 bits per heavy atom. The van der Waals surface area contributed by atoms with E-state index in [1.54, 1.807) is 0 Å². The molecule has 0 spiro atoms. The highest BCUT2D eigenvalue weighted by Gasteiger charge is 2.42. The Morgan fingerprint density at radius 2 is 1.52 bits per heavy atom. The summed E-state index contributed by atoms with van der Waals surface area (Å²) >= 11 is 1.83. The molecule has 2 aliphatic heterocycles. The zero-order valence-electron chi connectivity index (χ0n) is 32.9. The van der Waals surface area contributed by atoms with Gasteiger partial charge in [-0.3, -0.25) is 43.6 Å². The van der Waals surface area contributed by atoms with Crippen molar-refractivity contribution in [3.8, 4) is 0 Å². The number of hydrogen-bond acceptors (Lipinski definition) is 12. The van der Waals surface area contributed by atoms with E-state index < -0.39 is 85.1 Å². The number of urea groups is 1. The van der Waals surface area contributed by atoms with Crippen LogP contribution in [0, 0.1) is 11.8 Å². The van der Waals surface area contributed by atoms with Crippen LogP contribution < -0.4 is 53.7 Å². The second-order valence-corrected chi connectivity index (χ2v) is 16.2. The molecule has 0 aromatic rings. The molecule has 0 radical (unpaired) electrons. The Labute approximate surface area is 341 Å². The summed E-state index contributed by atoms with van der Waals surface area (Å²) in [6, 6.07) is -3.48. The number of amides is 10. The molecule has 0 bridgehead atoms.